The third kappa shape index (κ3) is 11.5. The minimum absolute atomic E-state index is 0.118. The average molecular weight is 652 g/mol. The summed E-state index contributed by atoms with van der Waals surface area (Å²) in [5.41, 5.74) is 1.97. The summed E-state index contributed by atoms with van der Waals surface area (Å²) < 4.78 is 21.3. The molecule has 2 heterocycles. The van der Waals surface area contributed by atoms with Crippen molar-refractivity contribution in [2.45, 2.75) is 89.1 Å². The molecule has 2 aliphatic heterocycles. The molecule has 7 N–H and O–H groups in total. The summed E-state index contributed by atoms with van der Waals surface area (Å²) in [5, 5.41) is 80.9. The van der Waals surface area contributed by atoms with E-state index in [1.165, 1.54) is 26.0 Å². The van der Waals surface area contributed by atoms with Gasteiger partial charge in [-0.3, -0.25) is 0 Å². The number of hydrogen-bond donors (Lipinski definition) is 7. The predicted molar refractivity (Wildman–Crippen MR) is 160 cm³/mol. The van der Waals surface area contributed by atoms with Crippen LogP contribution in [0.25, 0.3) is 0 Å². The Hall–Kier alpha value is -3.28. The molecule has 256 valence electrons. The number of ether oxygens (including phenoxy) is 4. The van der Waals surface area contributed by atoms with Gasteiger partial charge in [0.2, 0.25) is 6.29 Å². The molecule has 2 rings (SSSR count). The average Bonchev–Trinajstić information content (AvgIpc) is 3.02. The fourth-order valence-corrected chi connectivity index (χ4v) is 4.10. The minimum atomic E-state index is -1.81. The number of allylic oxidation sites excluding steroid dienone is 12. The van der Waals surface area contributed by atoms with Gasteiger partial charge in [0.25, 0.3) is 0 Å². The van der Waals surface area contributed by atoms with Crippen LogP contribution in [0.15, 0.2) is 83.1 Å². The van der Waals surface area contributed by atoms with Crippen molar-refractivity contribution in [2.75, 3.05) is 13.2 Å². The summed E-state index contributed by atoms with van der Waals surface area (Å²) in [7, 11) is 0. The van der Waals surface area contributed by atoms with Crippen LogP contribution in [0.2, 0.25) is 0 Å². The molecule has 2 aliphatic rings. The number of carbonyl (C=O) groups is 2. The Labute approximate surface area is 266 Å². The van der Waals surface area contributed by atoms with Crippen molar-refractivity contribution in [3.8, 4) is 0 Å². The van der Waals surface area contributed by atoms with Crippen molar-refractivity contribution < 1.29 is 69.4 Å². The Balaban J connectivity index is 1.94. The van der Waals surface area contributed by atoms with E-state index in [1.54, 1.807) is 36.5 Å². The zero-order valence-electron chi connectivity index (χ0n) is 25.9. The highest BCUT2D eigenvalue weighted by Gasteiger charge is 2.48. The molecule has 0 amide bonds. The molecule has 14 nitrogen and oxygen atoms in total. The predicted octanol–water partition coefficient (Wildman–Crippen LogP) is -1.64. The molecule has 0 aromatic carbocycles. The van der Waals surface area contributed by atoms with Gasteiger partial charge in [-0.2, -0.15) is 0 Å². The third-order valence-corrected chi connectivity index (χ3v) is 7.05. The maximum absolute atomic E-state index is 12.6. The van der Waals surface area contributed by atoms with Crippen molar-refractivity contribution in [3.05, 3.63) is 83.1 Å². The van der Waals surface area contributed by atoms with E-state index in [9.17, 15) is 50.4 Å². The standard InChI is InChI=1S/C32H44O14/c1-17(11-7-13-19(3)29(40)41)9-5-6-10-18(2)12-8-14-20(4)30(42)46-32-28(39)26(37)24(35)22(45-32)16-43-31-27(38)25(36)23(34)21(15-33)44-31/h5-14,21-28,31-39H,15-16H2,1-4H3,(H,40,41)/p-1/b6-5+,11-7+,12-8+,17-9+,18-10+,19-13+,20-14+/t21-,22-,23-,24-,25+,26+,27-,28-,31-,32+/m1/s1. The van der Waals surface area contributed by atoms with Crippen LogP contribution in [-0.4, -0.2) is 122 Å². The fourth-order valence-electron chi connectivity index (χ4n) is 4.10. The highest BCUT2D eigenvalue weighted by atomic mass is 16.7. The van der Waals surface area contributed by atoms with E-state index < -0.39 is 86.6 Å². The van der Waals surface area contributed by atoms with Crippen molar-refractivity contribution in [2.24, 2.45) is 0 Å². The van der Waals surface area contributed by atoms with Crippen LogP contribution in [0, 0.1) is 0 Å². The minimum Gasteiger partial charge on any atom is -0.545 e. The van der Waals surface area contributed by atoms with Crippen molar-refractivity contribution in [3.63, 3.8) is 0 Å². The lowest BCUT2D eigenvalue weighted by atomic mass is 9.98. The van der Waals surface area contributed by atoms with Crippen LogP contribution in [-0.2, 0) is 28.5 Å². The number of rotatable bonds is 13. The molecule has 0 aromatic heterocycles. The van der Waals surface area contributed by atoms with Gasteiger partial charge in [0.15, 0.2) is 6.29 Å². The second kappa shape index (κ2) is 18.8. The second-order valence-corrected chi connectivity index (χ2v) is 10.9. The van der Waals surface area contributed by atoms with Gasteiger partial charge in [0, 0.05) is 5.57 Å². The molecule has 0 unspecified atom stereocenters. The van der Waals surface area contributed by atoms with Crippen LogP contribution in [0.3, 0.4) is 0 Å². The van der Waals surface area contributed by atoms with Gasteiger partial charge in [0.05, 0.1) is 19.2 Å². The van der Waals surface area contributed by atoms with E-state index >= 15 is 0 Å². The largest absolute Gasteiger partial charge is 0.545 e. The summed E-state index contributed by atoms with van der Waals surface area (Å²) in [4.78, 5) is 23.3. The third-order valence-electron chi connectivity index (χ3n) is 7.05. The molecule has 10 atom stereocenters. The zero-order chi connectivity index (χ0) is 34.6. The number of aliphatic hydroxyl groups excluding tert-OH is 7. The summed E-state index contributed by atoms with van der Waals surface area (Å²) in [6.45, 7) is 5.34. The summed E-state index contributed by atoms with van der Waals surface area (Å²) in [5.74, 6) is -2.11. The molecule has 14 heteroatoms. The van der Waals surface area contributed by atoms with Crippen molar-refractivity contribution >= 4 is 11.9 Å². The first-order valence-electron chi connectivity index (χ1n) is 14.4. The number of carbonyl (C=O) groups excluding carboxylic acids is 2. The second-order valence-electron chi connectivity index (χ2n) is 10.9. The topological polar surface area (TPSA) is 236 Å². The first-order chi connectivity index (χ1) is 21.7. The van der Waals surface area contributed by atoms with Gasteiger partial charge >= 0.3 is 5.97 Å². The van der Waals surface area contributed by atoms with E-state index in [0.717, 1.165) is 11.1 Å². The van der Waals surface area contributed by atoms with Gasteiger partial charge in [-0.25, -0.2) is 4.79 Å². The normalized spacial score (nSPS) is 33.7. The fraction of sp³-hybridized carbons (Fsp3) is 0.500. The van der Waals surface area contributed by atoms with E-state index in [-0.39, 0.29) is 11.1 Å². The quantitative estimate of drug-likeness (QED) is 0.0672. The molecule has 2 fully saturated rings. The highest BCUT2D eigenvalue weighted by molar-refractivity contribution is 5.88. The SMILES string of the molecule is CC(/C=C/C=C(\C)C(=O)[O-])=C\C=C\C=C(C)\C=C\C=C(/C)C(=O)O[C@@H]1O[C@H](CO[C@@H]2O[C@H](CO)[C@@H](O)[C@H](O)[C@H]2O)[C@@H](O)[C@H](O)[C@H]1O. The number of aliphatic carboxylic acids is 1. The highest BCUT2D eigenvalue weighted by Crippen LogP contribution is 2.26. The molecular formula is C32H43O14-. The first-order valence-corrected chi connectivity index (χ1v) is 14.4. The van der Waals surface area contributed by atoms with E-state index in [1.807, 2.05) is 26.0 Å². The lowest BCUT2D eigenvalue weighted by molar-refractivity contribution is -0.326. The van der Waals surface area contributed by atoms with Gasteiger partial charge < -0.3 is 64.6 Å². The van der Waals surface area contributed by atoms with Gasteiger partial charge in [-0.15, -0.1) is 0 Å². The molecule has 0 bridgehead atoms. The smallest absolute Gasteiger partial charge is 0.336 e. The molecule has 2 saturated heterocycles. The lowest BCUT2D eigenvalue weighted by Gasteiger charge is -2.42. The molecule has 46 heavy (non-hydrogen) atoms. The van der Waals surface area contributed by atoms with Crippen LogP contribution in [0.1, 0.15) is 27.7 Å². The molecule has 0 aliphatic carbocycles. The molecule has 0 radical (unpaired) electrons. The molecular weight excluding hydrogens is 608 g/mol. The Morgan fingerprint density at radius 1 is 0.652 bits per heavy atom. The lowest BCUT2D eigenvalue weighted by Crippen LogP contribution is -2.61. The molecule has 0 spiro atoms. The summed E-state index contributed by atoms with van der Waals surface area (Å²) in [6, 6.07) is 0. The van der Waals surface area contributed by atoms with E-state index in [4.69, 9.17) is 18.9 Å². The Morgan fingerprint density at radius 2 is 1.13 bits per heavy atom. The maximum Gasteiger partial charge on any atom is 0.336 e. The number of carboxylic acids is 1. The summed E-state index contributed by atoms with van der Waals surface area (Å²) >= 11 is 0. The van der Waals surface area contributed by atoms with Gasteiger partial charge in [-0.1, -0.05) is 71.9 Å². The summed E-state index contributed by atoms with van der Waals surface area (Å²) in [6.07, 6.45) is 0.644. The van der Waals surface area contributed by atoms with Gasteiger partial charge in [-0.05, 0) is 33.3 Å². The Bertz CT molecular complexity index is 1240. The van der Waals surface area contributed by atoms with Crippen LogP contribution >= 0.6 is 0 Å². The van der Waals surface area contributed by atoms with Gasteiger partial charge in [0.1, 0.15) is 48.8 Å². The number of hydrogen-bond acceptors (Lipinski definition) is 14. The number of carboxylic acid groups (broad SMARTS) is 1. The van der Waals surface area contributed by atoms with Crippen molar-refractivity contribution in [1.29, 1.82) is 0 Å². The zero-order valence-corrected chi connectivity index (χ0v) is 25.9. The van der Waals surface area contributed by atoms with Crippen molar-refractivity contribution in [1.82, 2.24) is 0 Å². The Morgan fingerprint density at radius 3 is 1.65 bits per heavy atom. The van der Waals surface area contributed by atoms with Crippen LogP contribution < -0.4 is 5.11 Å². The Kier molecular flexibility index (Phi) is 15.9. The van der Waals surface area contributed by atoms with E-state index in [2.05, 4.69) is 0 Å². The number of aliphatic hydroxyl groups is 7. The van der Waals surface area contributed by atoms with Crippen LogP contribution in [0.4, 0.5) is 0 Å². The molecule has 0 saturated carbocycles. The van der Waals surface area contributed by atoms with E-state index in [0.29, 0.717) is 0 Å². The number of esters is 1. The first kappa shape index (κ1) is 38.9. The monoisotopic (exact) mass is 651 g/mol. The van der Waals surface area contributed by atoms with Crippen LogP contribution in [0.5, 0.6) is 0 Å². The molecule has 0 aromatic rings. The maximum atomic E-state index is 12.6.